The van der Waals surface area contributed by atoms with Crippen LogP contribution >= 0.6 is 11.3 Å². The fraction of sp³-hybridized carbons (Fsp3) is 0.111. The molecule has 14 heavy (non-hydrogen) atoms. The van der Waals surface area contributed by atoms with Crippen LogP contribution in [0.25, 0.3) is 10.1 Å². The second-order valence-electron chi connectivity index (χ2n) is 2.71. The van der Waals surface area contributed by atoms with E-state index in [1.165, 1.54) is 17.4 Å². The van der Waals surface area contributed by atoms with E-state index in [0.717, 1.165) is 4.70 Å². The number of nitrogens with zero attached hydrogens (tertiary/aromatic N) is 1. The zero-order valence-electron chi connectivity index (χ0n) is 7.39. The summed E-state index contributed by atoms with van der Waals surface area (Å²) >= 11 is 1.44. The largest absolute Gasteiger partial charge is 0.495 e. The normalized spacial score (nSPS) is 10.4. The Bertz CT molecular complexity index is 492. The van der Waals surface area contributed by atoms with E-state index in [1.54, 1.807) is 19.2 Å². The van der Waals surface area contributed by atoms with Crippen LogP contribution in [0.5, 0.6) is 5.75 Å². The molecule has 0 aliphatic heterocycles. The van der Waals surface area contributed by atoms with Gasteiger partial charge in [0.2, 0.25) is 0 Å². The molecule has 0 N–H and O–H groups in total. The molecule has 5 heteroatoms. The lowest BCUT2D eigenvalue weighted by Crippen LogP contribution is -1.89. The molecule has 72 valence electrons. The highest BCUT2D eigenvalue weighted by Gasteiger charge is 2.15. The molecule has 0 spiro atoms. The molecule has 1 aromatic carbocycles. The highest BCUT2D eigenvalue weighted by Crippen LogP contribution is 2.36. The van der Waals surface area contributed by atoms with Crippen molar-refractivity contribution in [3.8, 4) is 5.75 Å². The molecule has 2 rings (SSSR count). The summed E-state index contributed by atoms with van der Waals surface area (Å²) in [5, 5.41) is 13.1. The highest BCUT2D eigenvalue weighted by atomic mass is 32.1. The van der Waals surface area contributed by atoms with E-state index in [2.05, 4.69) is 0 Å². The average Bonchev–Trinajstić information content (AvgIpc) is 2.64. The van der Waals surface area contributed by atoms with Crippen LogP contribution in [-0.4, -0.2) is 12.0 Å². The highest BCUT2D eigenvalue weighted by molar-refractivity contribution is 7.17. The van der Waals surface area contributed by atoms with Crippen molar-refractivity contribution in [2.45, 2.75) is 0 Å². The van der Waals surface area contributed by atoms with Crippen LogP contribution < -0.4 is 4.74 Å². The molecule has 1 aromatic heterocycles. The third-order valence-electron chi connectivity index (χ3n) is 1.97. The maximum absolute atomic E-state index is 10.7. The van der Waals surface area contributed by atoms with E-state index in [4.69, 9.17) is 4.74 Å². The topological polar surface area (TPSA) is 52.4 Å². The van der Waals surface area contributed by atoms with Crippen molar-refractivity contribution >= 4 is 27.1 Å². The maximum atomic E-state index is 10.7. The Kier molecular flexibility index (Phi) is 2.09. The summed E-state index contributed by atoms with van der Waals surface area (Å²) in [6, 6.07) is 4.82. The first-order valence-electron chi connectivity index (χ1n) is 3.92. The summed E-state index contributed by atoms with van der Waals surface area (Å²) in [6.07, 6.45) is 0. The fourth-order valence-corrected chi connectivity index (χ4v) is 2.25. The Balaban J connectivity index is 2.78. The number of hydrogen-bond donors (Lipinski definition) is 0. The predicted octanol–water partition coefficient (Wildman–Crippen LogP) is 2.82. The molecule has 0 aliphatic rings. The van der Waals surface area contributed by atoms with Crippen LogP contribution in [0.2, 0.25) is 0 Å². The SMILES string of the molecule is COc1ccc([N+](=O)[O-])c2ccsc12. The quantitative estimate of drug-likeness (QED) is 0.564. The molecule has 0 saturated heterocycles. The van der Waals surface area contributed by atoms with E-state index in [1.807, 2.05) is 5.38 Å². The van der Waals surface area contributed by atoms with Gasteiger partial charge in [0.05, 0.1) is 22.1 Å². The third-order valence-corrected chi connectivity index (χ3v) is 2.90. The molecule has 0 amide bonds. The van der Waals surface area contributed by atoms with Crippen molar-refractivity contribution in [3.05, 3.63) is 33.7 Å². The van der Waals surface area contributed by atoms with Gasteiger partial charge in [0.25, 0.3) is 5.69 Å². The zero-order chi connectivity index (χ0) is 10.1. The summed E-state index contributed by atoms with van der Waals surface area (Å²) in [6.45, 7) is 0. The maximum Gasteiger partial charge on any atom is 0.278 e. The average molecular weight is 209 g/mol. The van der Waals surface area contributed by atoms with Gasteiger partial charge >= 0.3 is 0 Å². The van der Waals surface area contributed by atoms with E-state index in [9.17, 15) is 10.1 Å². The van der Waals surface area contributed by atoms with E-state index in [0.29, 0.717) is 11.1 Å². The first-order valence-corrected chi connectivity index (χ1v) is 4.80. The number of benzene rings is 1. The number of non-ortho nitro benzene ring substituents is 1. The van der Waals surface area contributed by atoms with Crippen LogP contribution in [0.1, 0.15) is 0 Å². The van der Waals surface area contributed by atoms with Gasteiger partial charge in [-0.1, -0.05) is 0 Å². The van der Waals surface area contributed by atoms with Gasteiger partial charge in [-0.05, 0) is 17.5 Å². The van der Waals surface area contributed by atoms with E-state index >= 15 is 0 Å². The second kappa shape index (κ2) is 3.26. The van der Waals surface area contributed by atoms with Gasteiger partial charge < -0.3 is 4.74 Å². The van der Waals surface area contributed by atoms with Gasteiger partial charge in [-0.2, -0.15) is 0 Å². The van der Waals surface area contributed by atoms with Crippen LogP contribution in [0.3, 0.4) is 0 Å². The smallest absolute Gasteiger partial charge is 0.278 e. The van der Waals surface area contributed by atoms with Crippen LogP contribution in [0.4, 0.5) is 5.69 Å². The minimum atomic E-state index is -0.380. The Hall–Kier alpha value is -1.62. The molecule has 1 heterocycles. The Morgan fingerprint density at radius 3 is 2.86 bits per heavy atom. The van der Waals surface area contributed by atoms with Gasteiger partial charge in [0.1, 0.15) is 5.75 Å². The second-order valence-corrected chi connectivity index (χ2v) is 3.62. The van der Waals surface area contributed by atoms with Crippen molar-refractivity contribution in [3.63, 3.8) is 0 Å². The number of methoxy groups -OCH3 is 1. The molecule has 0 unspecified atom stereocenters. The molecule has 0 atom stereocenters. The van der Waals surface area contributed by atoms with Gasteiger partial charge in [0, 0.05) is 6.07 Å². The fourth-order valence-electron chi connectivity index (χ4n) is 1.34. The molecular weight excluding hydrogens is 202 g/mol. The van der Waals surface area contributed by atoms with E-state index < -0.39 is 0 Å². The van der Waals surface area contributed by atoms with Crippen LogP contribution in [-0.2, 0) is 0 Å². The minimum absolute atomic E-state index is 0.127. The first kappa shape index (κ1) is 8.96. The Morgan fingerprint density at radius 2 is 2.21 bits per heavy atom. The summed E-state index contributed by atoms with van der Waals surface area (Å²) < 4.78 is 5.93. The molecular formula is C9H7NO3S. The molecule has 0 radical (unpaired) electrons. The standard InChI is InChI=1S/C9H7NO3S/c1-13-8-3-2-7(10(11)12)6-4-5-14-9(6)8/h2-5H,1H3. The van der Waals surface area contributed by atoms with Crippen LogP contribution in [0.15, 0.2) is 23.6 Å². The van der Waals surface area contributed by atoms with Crippen molar-refractivity contribution in [2.75, 3.05) is 7.11 Å². The van der Waals surface area contributed by atoms with Gasteiger partial charge in [0.15, 0.2) is 0 Å². The first-order chi connectivity index (χ1) is 6.74. The summed E-state index contributed by atoms with van der Waals surface area (Å²) in [7, 11) is 1.56. The molecule has 0 fully saturated rings. The lowest BCUT2D eigenvalue weighted by atomic mass is 10.2. The Morgan fingerprint density at radius 1 is 1.43 bits per heavy atom. The molecule has 2 aromatic rings. The van der Waals surface area contributed by atoms with Crippen LogP contribution in [0, 0.1) is 10.1 Å². The van der Waals surface area contributed by atoms with Crippen molar-refractivity contribution in [1.82, 2.24) is 0 Å². The summed E-state index contributed by atoms with van der Waals surface area (Å²) in [4.78, 5) is 10.3. The molecule has 0 aliphatic carbocycles. The van der Waals surface area contributed by atoms with Gasteiger partial charge in [-0.25, -0.2) is 0 Å². The minimum Gasteiger partial charge on any atom is -0.495 e. The summed E-state index contributed by atoms with van der Waals surface area (Å²) in [5.41, 5.74) is 0.127. The number of nitro groups is 1. The zero-order valence-corrected chi connectivity index (χ0v) is 8.21. The van der Waals surface area contributed by atoms with Crippen molar-refractivity contribution < 1.29 is 9.66 Å². The molecule has 0 saturated carbocycles. The number of rotatable bonds is 2. The third kappa shape index (κ3) is 1.22. The number of fused-ring (bicyclic) bond motifs is 1. The summed E-state index contributed by atoms with van der Waals surface area (Å²) in [5.74, 6) is 0.681. The van der Waals surface area contributed by atoms with Crippen molar-refractivity contribution in [2.24, 2.45) is 0 Å². The number of thiophene rings is 1. The number of hydrogen-bond acceptors (Lipinski definition) is 4. The predicted molar refractivity (Wildman–Crippen MR) is 55.0 cm³/mol. The van der Waals surface area contributed by atoms with Gasteiger partial charge in [-0.15, -0.1) is 11.3 Å². The Labute approximate surface area is 83.9 Å². The lowest BCUT2D eigenvalue weighted by Gasteiger charge is -2.00. The number of ether oxygens (including phenoxy) is 1. The number of nitro benzene ring substituents is 1. The lowest BCUT2D eigenvalue weighted by molar-refractivity contribution is -0.383. The monoisotopic (exact) mass is 209 g/mol. The molecule has 4 nitrogen and oxygen atoms in total. The molecule has 0 bridgehead atoms. The van der Waals surface area contributed by atoms with Crippen molar-refractivity contribution in [1.29, 1.82) is 0 Å². The van der Waals surface area contributed by atoms with Gasteiger partial charge in [-0.3, -0.25) is 10.1 Å². The van der Waals surface area contributed by atoms with E-state index in [-0.39, 0.29) is 10.6 Å².